The number of methoxy groups -OCH3 is 1. The lowest BCUT2D eigenvalue weighted by atomic mass is 10.2. The van der Waals surface area contributed by atoms with Crippen LogP contribution in [0.1, 0.15) is 10.5 Å². The minimum Gasteiger partial charge on any atom is -0.491 e. The summed E-state index contributed by atoms with van der Waals surface area (Å²) in [4.78, 5) is 19.7. The smallest absolute Gasteiger partial charge is 0.212 e. The van der Waals surface area contributed by atoms with Crippen molar-refractivity contribution in [1.29, 1.82) is 0 Å². The Morgan fingerprint density at radius 1 is 1.20 bits per heavy atom. The third-order valence-corrected chi connectivity index (χ3v) is 3.52. The largest absolute Gasteiger partial charge is 0.491 e. The molecule has 0 saturated heterocycles. The summed E-state index contributed by atoms with van der Waals surface area (Å²) in [6.45, 7) is 0.197. The Balaban J connectivity index is 1.97. The number of nitrogens with zero attached hydrogens (tertiary/aromatic N) is 3. The van der Waals surface area contributed by atoms with Gasteiger partial charge in [0.05, 0.1) is 13.7 Å². The number of rotatable bonds is 7. The molecular weight excluding hydrogens is 322 g/mol. The lowest BCUT2D eigenvalue weighted by Crippen LogP contribution is -2.02. The predicted molar refractivity (Wildman–Crippen MR) is 91.3 cm³/mol. The van der Waals surface area contributed by atoms with E-state index in [-0.39, 0.29) is 13.2 Å². The lowest BCUT2D eigenvalue weighted by Gasteiger charge is -2.09. The third-order valence-electron chi connectivity index (χ3n) is 3.52. The molecule has 0 radical (unpaired) electrons. The van der Waals surface area contributed by atoms with Gasteiger partial charge in [-0.2, -0.15) is 0 Å². The summed E-state index contributed by atoms with van der Waals surface area (Å²) in [7, 11) is 1.55. The molecule has 3 rings (SSSR count). The number of imidazole rings is 1. The molecule has 7 nitrogen and oxygen atoms in total. The van der Waals surface area contributed by atoms with Crippen LogP contribution in [0.4, 0.5) is 0 Å². The van der Waals surface area contributed by atoms with Gasteiger partial charge in [0.15, 0.2) is 6.29 Å². The molecule has 0 unspecified atom stereocenters. The number of aromatic nitrogens is 3. The van der Waals surface area contributed by atoms with Gasteiger partial charge in [0, 0.05) is 29.7 Å². The highest BCUT2D eigenvalue weighted by Gasteiger charge is 2.12. The van der Waals surface area contributed by atoms with E-state index in [0.29, 0.717) is 29.4 Å². The van der Waals surface area contributed by atoms with Crippen LogP contribution in [-0.2, 0) is 0 Å². The summed E-state index contributed by atoms with van der Waals surface area (Å²) in [6.07, 6.45) is 4.01. The first-order chi connectivity index (χ1) is 12.2. The Bertz CT molecular complexity index is 842. The zero-order valence-corrected chi connectivity index (χ0v) is 13.6. The highest BCUT2D eigenvalue weighted by molar-refractivity contribution is 5.74. The van der Waals surface area contributed by atoms with Gasteiger partial charge in [-0.25, -0.2) is 9.97 Å². The van der Waals surface area contributed by atoms with E-state index in [2.05, 4.69) is 9.97 Å². The van der Waals surface area contributed by atoms with E-state index >= 15 is 0 Å². The number of benzene rings is 1. The Morgan fingerprint density at radius 3 is 2.60 bits per heavy atom. The summed E-state index contributed by atoms with van der Waals surface area (Å²) in [5.41, 5.74) is 1.91. The topological polar surface area (TPSA) is 86.5 Å². The zero-order chi connectivity index (χ0) is 17.6. The van der Waals surface area contributed by atoms with Crippen molar-refractivity contribution in [3.63, 3.8) is 0 Å². The second-order valence-corrected chi connectivity index (χ2v) is 5.13. The van der Waals surface area contributed by atoms with E-state index in [1.54, 1.807) is 37.7 Å². The summed E-state index contributed by atoms with van der Waals surface area (Å²) in [5.74, 6) is 1.75. The number of aldehydes is 1. The molecule has 0 aliphatic carbocycles. The number of hydrogen-bond acceptors (Lipinski definition) is 6. The molecule has 2 heterocycles. The molecule has 0 aliphatic heterocycles. The molecule has 7 heteroatoms. The minimum absolute atomic E-state index is 0.0411. The van der Waals surface area contributed by atoms with Crippen molar-refractivity contribution in [3.05, 3.63) is 54.5 Å². The molecule has 1 aromatic carbocycles. The van der Waals surface area contributed by atoms with Gasteiger partial charge in [-0.1, -0.05) is 0 Å². The molecule has 0 atom stereocenters. The van der Waals surface area contributed by atoms with Crippen LogP contribution in [0, 0.1) is 0 Å². The third kappa shape index (κ3) is 3.67. The monoisotopic (exact) mass is 339 g/mol. The Morgan fingerprint density at radius 2 is 2.00 bits per heavy atom. The molecule has 0 saturated carbocycles. The van der Waals surface area contributed by atoms with Gasteiger partial charge in [-0.05, 0) is 30.3 Å². The molecule has 25 heavy (non-hydrogen) atoms. The van der Waals surface area contributed by atoms with Crippen molar-refractivity contribution < 1.29 is 19.4 Å². The molecular formula is C18H17N3O4. The highest BCUT2D eigenvalue weighted by Crippen LogP contribution is 2.24. The summed E-state index contributed by atoms with van der Waals surface area (Å²) >= 11 is 0. The van der Waals surface area contributed by atoms with E-state index in [4.69, 9.17) is 14.6 Å². The van der Waals surface area contributed by atoms with E-state index in [9.17, 15) is 4.79 Å². The van der Waals surface area contributed by atoms with Crippen molar-refractivity contribution in [2.75, 3.05) is 20.3 Å². The average molecular weight is 339 g/mol. The first-order valence-corrected chi connectivity index (χ1v) is 7.64. The molecule has 0 fully saturated rings. The van der Waals surface area contributed by atoms with Crippen LogP contribution in [-0.4, -0.2) is 46.3 Å². The zero-order valence-electron chi connectivity index (χ0n) is 13.6. The maximum atomic E-state index is 11.2. The first-order valence-electron chi connectivity index (χ1n) is 7.64. The molecule has 1 N–H and O–H groups in total. The molecule has 3 aromatic rings. The van der Waals surface area contributed by atoms with Gasteiger partial charge in [0.25, 0.3) is 0 Å². The van der Waals surface area contributed by atoms with E-state index in [1.165, 1.54) is 0 Å². The number of carbonyl (C=O) groups excluding carboxylic acids is 1. The number of pyridine rings is 1. The highest BCUT2D eigenvalue weighted by atomic mass is 16.5. The van der Waals surface area contributed by atoms with E-state index < -0.39 is 0 Å². The van der Waals surface area contributed by atoms with Crippen LogP contribution in [0.25, 0.3) is 17.1 Å². The molecule has 0 bridgehead atoms. The number of carbonyl (C=O) groups is 1. The van der Waals surface area contributed by atoms with Crippen LogP contribution in [0.5, 0.6) is 11.6 Å². The van der Waals surface area contributed by atoms with Gasteiger partial charge in [0.2, 0.25) is 5.88 Å². The SMILES string of the molecule is COc1ccc(-c2nc(C=O)cn2-c2ccc(OCCO)cc2)cn1. The molecule has 0 aliphatic rings. The quantitative estimate of drug-likeness (QED) is 0.664. The van der Waals surface area contributed by atoms with Gasteiger partial charge >= 0.3 is 0 Å². The Labute approximate surface area is 144 Å². The Hall–Kier alpha value is -3.19. The maximum Gasteiger partial charge on any atom is 0.212 e. The number of aliphatic hydroxyl groups excluding tert-OH is 1. The van der Waals surface area contributed by atoms with Crippen LogP contribution in [0.2, 0.25) is 0 Å². The number of hydrogen-bond donors (Lipinski definition) is 1. The van der Waals surface area contributed by atoms with Gasteiger partial charge in [0.1, 0.15) is 23.9 Å². The Kier molecular flexibility index (Phi) is 5.06. The fraction of sp³-hybridized carbons (Fsp3) is 0.167. The summed E-state index contributed by atoms with van der Waals surface area (Å²) in [6, 6.07) is 10.9. The van der Waals surface area contributed by atoms with Crippen LogP contribution < -0.4 is 9.47 Å². The van der Waals surface area contributed by atoms with Crippen molar-refractivity contribution in [3.8, 4) is 28.7 Å². The second-order valence-electron chi connectivity index (χ2n) is 5.13. The van der Waals surface area contributed by atoms with Gasteiger partial charge in [-0.15, -0.1) is 0 Å². The number of aliphatic hydroxyl groups is 1. The summed E-state index contributed by atoms with van der Waals surface area (Å²) in [5, 5.41) is 8.80. The normalized spacial score (nSPS) is 10.5. The van der Waals surface area contributed by atoms with Crippen LogP contribution in [0.15, 0.2) is 48.8 Å². The average Bonchev–Trinajstić information content (AvgIpc) is 3.11. The van der Waals surface area contributed by atoms with Gasteiger partial charge in [-0.3, -0.25) is 9.36 Å². The van der Waals surface area contributed by atoms with Crippen molar-refractivity contribution >= 4 is 6.29 Å². The molecule has 0 spiro atoms. The van der Waals surface area contributed by atoms with Crippen molar-refractivity contribution in [2.45, 2.75) is 0 Å². The van der Waals surface area contributed by atoms with Gasteiger partial charge < -0.3 is 14.6 Å². The fourth-order valence-electron chi connectivity index (χ4n) is 2.36. The minimum atomic E-state index is -0.0411. The van der Waals surface area contributed by atoms with Crippen LogP contribution >= 0.6 is 0 Å². The lowest BCUT2D eigenvalue weighted by molar-refractivity contribution is 0.111. The second kappa shape index (κ2) is 7.59. The number of ether oxygens (including phenoxy) is 2. The van der Waals surface area contributed by atoms with E-state index in [1.807, 2.05) is 22.8 Å². The first kappa shape index (κ1) is 16.7. The molecule has 0 amide bonds. The standard InChI is InChI=1S/C18H17N3O4/c1-24-17-7-2-13(10-19-17)18-20-14(12-23)11-21(18)15-3-5-16(6-4-15)25-9-8-22/h2-7,10-12,22H,8-9H2,1H3. The molecule has 2 aromatic heterocycles. The van der Waals surface area contributed by atoms with Crippen LogP contribution in [0.3, 0.4) is 0 Å². The fourth-order valence-corrected chi connectivity index (χ4v) is 2.36. The maximum absolute atomic E-state index is 11.2. The van der Waals surface area contributed by atoms with E-state index in [0.717, 1.165) is 11.3 Å². The van der Waals surface area contributed by atoms with Crippen molar-refractivity contribution in [2.24, 2.45) is 0 Å². The predicted octanol–water partition coefficient (Wildman–Crippen LogP) is 2.13. The van der Waals surface area contributed by atoms with Crippen molar-refractivity contribution in [1.82, 2.24) is 14.5 Å². The summed E-state index contributed by atoms with van der Waals surface area (Å²) < 4.78 is 12.2. The molecule has 128 valence electrons.